The van der Waals surface area contributed by atoms with Gasteiger partial charge in [-0.25, -0.2) is 0 Å². The molecule has 3 rings (SSSR count). The molecule has 19 heavy (non-hydrogen) atoms. The molecule has 1 unspecified atom stereocenters. The van der Waals surface area contributed by atoms with Crippen LogP contribution in [-0.4, -0.2) is 18.0 Å². The quantitative estimate of drug-likeness (QED) is 0.725. The summed E-state index contributed by atoms with van der Waals surface area (Å²) in [6, 6.07) is 9.57. The fourth-order valence-corrected chi connectivity index (χ4v) is 3.95. The molecule has 1 aliphatic heterocycles. The zero-order valence-corrected chi connectivity index (χ0v) is 11.6. The minimum atomic E-state index is 0.571. The summed E-state index contributed by atoms with van der Waals surface area (Å²) in [4.78, 5) is 2.54. The van der Waals surface area contributed by atoms with Crippen molar-refractivity contribution in [1.82, 2.24) is 4.90 Å². The smallest absolute Gasteiger partial charge is 0.0604 e. The molecule has 0 radical (unpaired) electrons. The maximum Gasteiger partial charge on any atom is 0.0604 e. The Morgan fingerprint density at radius 1 is 1.16 bits per heavy atom. The van der Waals surface area contributed by atoms with Gasteiger partial charge >= 0.3 is 0 Å². The number of benzene rings is 1. The van der Waals surface area contributed by atoms with Crippen molar-refractivity contribution in [3.05, 3.63) is 35.4 Å². The van der Waals surface area contributed by atoms with E-state index in [-0.39, 0.29) is 0 Å². The molecule has 0 saturated heterocycles. The fourth-order valence-electron chi connectivity index (χ4n) is 3.95. The second-order valence-corrected chi connectivity index (χ2v) is 5.97. The summed E-state index contributed by atoms with van der Waals surface area (Å²) in [6.07, 6.45) is 13.7. The van der Waals surface area contributed by atoms with Gasteiger partial charge in [0, 0.05) is 12.6 Å². The van der Waals surface area contributed by atoms with Gasteiger partial charge in [0.15, 0.2) is 0 Å². The van der Waals surface area contributed by atoms with Gasteiger partial charge in [0.1, 0.15) is 0 Å². The van der Waals surface area contributed by atoms with Crippen molar-refractivity contribution in [2.45, 2.75) is 44.6 Å². The number of hydrogen-bond donors (Lipinski definition) is 0. The second kappa shape index (κ2) is 5.80. The highest BCUT2D eigenvalue weighted by atomic mass is 15.2. The molecule has 1 nitrogen and oxygen atoms in total. The molecule has 0 aromatic heterocycles. The standard InChI is InChI=1S/C18H23N/c1-2-13-19-14-12-15-8-6-7-11-17(15)18(19)16-9-4-3-5-10-16/h1,6-8,11,16,18H,3-5,9-10,12-14H2. The number of nitrogens with zero attached hydrogens (tertiary/aromatic N) is 1. The van der Waals surface area contributed by atoms with Crippen LogP contribution in [0.25, 0.3) is 0 Å². The lowest BCUT2D eigenvalue weighted by Crippen LogP contribution is -2.40. The zero-order chi connectivity index (χ0) is 13.1. The summed E-state index contributed by atoms with van der Waals surface area (Å²) in [5.74, 6) is 3.67. The van der Waals surface area contributed by atoms with Crippen molar-refractivity contribution in [2.75, 3.05) is 13.1 Å². The fraction of sp³-hybridized carbons (Fsp3) is 0.556. The van der Waals surface area contributed by atoms with Crippen LogP contribution in [0.2, 0.25) is 0 Å². The normalized spacial score (nSPS) is 24.7. The highest BCUT2D eigenvalue weighted by molar-refractivity contribution is 5.33. The first-order chi connectivity index (χ1) is 9.40. The molecule has 1 fully saturated rings. The predicted molar refractivity (Wildman–Crippen MR) is 79.9 cm³/mol. The number of hydrogen-bond acceptors (Lipinski definition) is 1. The Balaban J connectivity index is 1.92. The van der Waals surface area contributed by atoms with E-state index in [9.17, 15) is 0 Å². The molecule has 0 bridgehead atoms. The summed E-state index contributed by atoms with van der Waals surface area (Å²) in [6.45, 7) is 1.93. The van der Waals surface area contributed by atoms with Gasteiger partial charge in [-0.1, -0.05) is 49.4 Å². The van der Waals surface area contributed by atoms with Crippen LogP contribution < -0.4 is 0 Å². The van der Waals surface area contributed by atoms with Gasteiger partial charge < -0.3 is 0 Å². The van der Waals surface area contributed by atoms with Crippen LogP contribution in [0.4, 0.5) is 0 Å². The Labute approximate surface area is 117 Å². The first kappa shape index (κ1) is 12.8. The van der Waals surface area contributed by atoms with Crippen molar-refractivity contribution in [2.24, 2.45) is 5.92 Å². The van der Waals surface area contributed by atoms with E-state index in [0.717, 1.165) is 25.4 Å². The molecule has 2 aliphatic rings. The van der Waals surface area contributed by atoms with E-state index < -0.39 is 0 Å². The topological polar surface area (TPSA) is 3.24 Å². The van der Waals surface area contributed by atoms with Gasteiger partial charge in [-0.05, 0) is 36.3 Å². The molecule has 100 valence electrons. The van der Waals surface area contributed by atoms with Gasteiger partial charge in [-0.2, -0.15) is 0 Å². The zero-order valence-electron chi connectivity index (χ0n) is 11.6. The molecule has 1 aliphatic carbocycles. The monoisotopic (exact) mass is 253 g/mol. The third-order valence-corrected chi connectivity index (χ3v) is 4.83. The van der Waals surface area contributed by atoms with Crippen molar-refractivity contribution in [3.8, 4) is 12.3 Å². The summed E-state index contributed by atoms with van der Waals surface area (Å²) in [5, 5.41) is 0. The van der Waals surface area contributed by atoms with Crippen LogP contribution in [0.1, 0.15) is 49.3 Å². The first-order valence-electron chi connectivity index (χ1n) is 7.65. The van der Waals surface area contributed by atoms with Crippen molar-refractivity contribution >= 4 is 0 Å². The van der Waals surface area contributed by atoms with Crippen molar-refractivity contribution in [1.29, 1.82) is 0 Å². The van der Waals surface area contributed by atoms with Gasteiger partial charge in [0.05, 0.1) is 6.54 Å². The Kier molecular flexibility index (Phi) is 3.89. The van der Waals surface area contributed by atoms with Gasteiger partial charge in [-0.3, -0.25) is 4.90 Å². The number of rotatable bonds is 2. The van der Waals surface area contributed by atoms with Crippen molar-refractivity contribution in [3.63, 3.8) is 0 Å². The van der Waals surface area contributed by atoms with E-state index in [4.69, 9.17) is 6.42 Å². The molecular weight excluding hydrogens is 230 g/mol. The summed E-state index contributed by atoms with van der Waals surface area (Å²) in [7, 11) is 0. The van der Waals surface area contributed by atoms with Gasteiger partial charge in [0.25, 0.3) is 0 Å². The predicted octanol–water partition coefficient (Wildman–Crippen LogP) is 3.80. The lowest BCUT2D eigenvalue weighted by atomic mass is 9.77. The molecular formula is C18H23N. The molecule has 0 amide bonds. The SMILES string of the molecule is C#CCN1CCc2ccccc2C1C1CCCCC1. The summed E-state index contributed by atoms with van der Waals surface area (Å²) >= 11 is 0. The molecule has 0 spiro atoms. The Morgan fingerprint density at radius 3 is 2.74 bits per heavy atom. The highest BCUT2D eigenvalue weighted by Gasteiger charge is 2.33. The second-order valence-electron chi connectivity index (χ2n) is 5.97. The highest BCUT2D eigenvalue weighted by Crippen LogP contribution is 2.41. The van der Waals surface area contributed by atoms with Crippen LogP contribution in [0.3, 0.4) is 0 Å². The van der Waals surface area contributed by atoms with Crippen LogP contribution in [0.5, 0.6) is 0 Å². The van der Waals surface area contributed by atoms with Crippen LogP contribution in [0, 0.1) is 18.3 Å². The van der Waals surface area contributed by atoms with E-state index in [1.807, 2.05) is 0 Å². The van der Waals surface area contributed by atoms with Crippen LogP contribution in [0.15, 0.2) is 24.3 Å². The van der Waals surface area contributed by atoms with Gasteiger partial charge in [0.2, 0.25) is 0 Å². The Morgan fingerprint density at radius 2 is 1.95 bits per heavy atom. The van der Waals surface area contributed by atoms with Crippen molar-refractivity contribution < 1.29 is 0 Å². The molecule has 1 aromatic carbocycles. The lowest BCUT2D eigenvalue weighted by molar-refractivity contribution is 0.121. The number of fused-ring (bicyclic) bond motifs is 1. The molecule has 1 heterocycles. The Hall–Kier alpha value is -1.26. The van der Waals surface area contributed by atoms with E-state index in [0.29, 0.717) is 6.04 Å². The van der Waals surface area contributed by atoms with E-state index in [2.05, 4.69) is 35.1 Å². The maximum atomic E-state index is 5.58. The minimum Gasteiger partial charge on any atom is -0.285 e. The average Bonchev–Trinajstić information content (AvgIpc) is 2.48. The largest absolute Gasteiger partial charge is 0.285 e. The lowest BCUT2D eigenvalue weighted by Gasteiger charge is -2.42. The maximum absolute atomic E-state index is 5.58. The molecule has 1 saturated carbocycles. The first-order valence-corrected chi connectivity index (χ1v) is 7.65. The minimum absolute atomic E-state index is 0.571. The van der Waals surface area contributed by atoms with E-state index in [1.165, 1.54) is 32.1 Å². The van der Waals surface area contributed by atoms with Crippen LogP contribution in [-0.2, 0) is 6.42 Å². The molecule has 0 N–H and O–H groups in total. The molecule has 1 heteroatoms. The van der Waals surface area contributed by atoms with Gasteiger partial charge in [-0.15, -0.1) is 6.42 Å². The third-order valence-electron chi connectivity index (χ3n) is 4.83. The third kappa shape index (κ3) is 2.55. The molecule has 1 atom stereocenters. The summed E-state index contributed by atoms with van der Waals surface area (Å²) < 4.78 is 0. The number of terminal acetylenes is 1. The molecule has 1 aromatic rings. The van der Waals surface area contributed by atoms with E-state index >= 15 is 0 Å². The average molecular weight is 253 g/mol. The Bertz CT molecular complexity index is 465. The summed E-state index contributed by atoms with van der Waals surface area (Å²) in [5.41, 5.74) is 3.10. The van der Waals surface area contributed by atoms with E-state index in [1.54, 1.807) is 11.1 Å². The van der Waals surface area contributed by atoms with Crippen LogP contribution >= 0.6 is 0 Å².